The van der Waals surface area contributed by atoms with Gasteiger partial charge in [0.2, 0.25) is 0 Å². The first-order chi connectivity index (χ1) is 7.27. The van der Waals surface area contributed by atoms with Gasteiger partial charge >= 0.3 is 0 Å². The Morgan fingerprint density at radius 1 is 1.20 bits per heavy atom. The molecule has 0 atom stereocenters. The minimum absolute atomic E-state index is 0.287. The summed E-state index contributed by atoms with van der Waals surface area (Å²) in [6.07, 6.45) is 6.88. The van der Waals surface area contributed by atoms with Crippen LogP contribution in [0.1, 0.15) is 18.4 Å². The van der Waals surface area contributed by atoms with Gasteiger partial charge in [-0.25, -0.2) is 0 Å². The van der Waals surface area contributed by atoms with Crippen LogP contribution in [0.2, 0.25) is 0 Å². The number of hydrogen-bond donors (Lipinski definition) is 1. The minimum Gasteiger partial charge on any atom is -0.319 e. The monoisotopic (exact) mass is 265 g/mol. The fourth-order valence-corrected chi connectivity index (χ4v) is 2.59. The van der Waals surface area contributed by atoms with Gasteiger partial charge in [-0.15, -0.1) is 0 Å². The average Bonchev–Trinajstić information content (AvgIpc) is 2.69. The fraction of sp³-hybridized carbons (Fsp3) is 0.385. The Bertz CT molecular complexity index is 345. The van der Waals surface area contributed by atoms with Gasteiger partial charge in [-0.3, -0.25) is 0 Å². The van der Waals surface area contributed by atoms with Crippen molar-refractivity contribution >= 4 is 15.9 Å². The second-order valence-corrected chi connectivity index (χ2v) is 5.11. The lowest BCUT2D eigenvalue weighted by Crippen LogP contribution is -2.34. The molecular formula is C13H16BrN. The first-order valence-corrected chi connectivity index (χ1v) is 6.12. The Morgan fingerprint density at radius 2 is 1.80 bits per heavy atom. The lowest BCUT2D eigenvalue weighted by Gasteiger charge is -2.29. The van der Waals surface area contributed by atoms with Crippen LogP contribution in [0.15, 0.2) is 40.9 Å². The molecule has 1 N–H and O–H groups in total. The maximum Gasteiger partial charge on any atom is 0.0175 e. The van der Waals surface area contributed by atoms with E-state index in [0.717, 1.165) is 23.9 Å². The van der Waals surface area contributed by atoms with Crippen LogP contribution >= 0.6 is 15.9 Å². The molecule has 15 heavy (non-hydrogen) atoms. The Balaban J connectivity index is 2.28. The molecule has 1 nitrogen and oxygen atoms in total. The summed E-state index contributed by atoms with van der Waals surface area (Å²) in [5.41, 5.74) is 1.72. The topological polar surface area (TPSA) is 12.0 Å². The van der Waals surface area contributed by atoms with E-state index in [9.17, 15) is 0 Å². The minimum atomic E-state index is 0.287. The lowest BCUT2D eigenvalue weighted by atomic mass is 9.78. The molecule has 0 saturated carbocycles. The van der Waals surface area contributed by atoms with Crippen molar-refractivity contribution in [2.45, 2.75) is 18.3 Å². The van der Waals surface area contributed by atoms with E-state index < -0.39 is 0 Å². The summed E-state index contributed by atoms with van der Waals surface area (Å²) in [5.74, 6) is 0. The average molecular weight is 266 g/mol. The summed E-state index contributed by atoms with van der Waals surface area (Å²) < 4.78 is 1.15. The number of likely N-dealkylation sites (N-methyl/N-ethyl adjacent to an activating group) is 1. The number of rotatable bonds is 3. The molecule has 0 aliphatic heterocycles. The molecule has 0 aromatic heterocycles. The Kier molecular flexibility index (Phi) is 3.27. The van der Waals surface area contributed by atoms with Crippen molar-refractivity contribution in [2.75, 3.05) is 13.6 Å². The number of benzene rings is 1. The van der Waals surface area contributed by atoms with Gasteiger partial charge in [0.1, 0.15) is 0 Å². The standard InChI is InChI=1S/C13H16BrN/c1-15-10-13(8-2-3-9-13)11-4-6-12(14)7-5-11/h2-7,15H,8-10H2,1H3. The van der Waals surface area contributed by atoms with E-state index in [1.54, 1.807) is 0 Å². The van der Waals surface area contributed by atoms with Crippen molar-refractivity contribution in [3.63, 3.8) is 0 Å². The van der Waals surface area contributed by atoms with Crippen LogP contribution in [-0.4, -0.2) is 13.6 Å². The maximum absolute atomic E-state index is 3.48. The van der Waals surface area contributed by atoms with Gasteiger partial charge in [-0.2, -0.15) is 0 Å². The second kappa shape index (κ2) is 4.50. The van der Waals surface area contributed by atoms with Gasteiger partial charge < -0.3 is 5.32 Å². The van der Waals surface area contributed by atoms with Crippen molar-refractivity contribution in [1.82, 2.24) is 5.32 Å². The largest absolute Gasteiger partial charge is 0.319 e. The summed E-state index contributed by atoms with van der Waals surface area (Å²) in [6.45, 7) is 1.04. The summed E-state index contributed by atoms with van der Waals surface area (Å²) in [6, 6.07) is 8.72. The SMILES string of the molecule is CNCC1(c2ccc(Br)cc2)CC=CC1. The Hall–Kier alpha value is -0.600. The van der Waals surface area contributed by atoms with Crippen LogP contribution in [0.3, 0.4) is 0 Å². The number of halogens is 1. The van der Waals surface area contributed by atoms with Crippen LogP contribution in [0.5, 0.6) is 0 Å². The van der Waals surface area contributed by atoms with Crippen molar-refractivity contribution < 1.29 is 0 Å². The van der Waals surface area contributed by atoms with Crippen LogP contribution in [0, 0.1) is 0 Å². The molecule has 1 aromatic carbocycles. The normalized spacial score (nSPS) is 18.3. The summed E-state index contributed by atoms with van der Waals surface area (Å²) >= 11 is 3.48. The molecule has 0 radical (unpaired) electrons. The number of nitrogens with one attached hydrogen (secondary N) is 1. The molecule has 0 unspecified atom stereocenters. The first kappa shape index (κ1) is 10.9. The van der Waals surface area contributed by atoms with Crippen molar-refractivity contribution in [2.24, 2.45) is 0 Å². The number of allylic oxidation sites excluding steroid dienone is 2. The van der Waals surface area contributed by atoms with Crippen LogP contribution in [0.4, 0.5) is 0 Å². The highest BCUT2D eigenvalue weighted by Gasteiger charge is 2.31. The predicted octanol–water partition coefficient (Wildman–Crippen LogP) is 3.26. The van der Waals surface area contributed by atoms with Gasteiger partial charge in [0.25, 0.3) is 0 Å². The quantitative estimate of drug-likeness (QED) is 0.828. The molecule has 0 spiro atoms. The fourth-order valence-electron chi connectivity index (χ4n) is 2.33. The van der Waals surface area contributed by atoms with Crippen molar-refractivity contribution in [1.29, 1.82) is 0 Å². The molecule has 80 valence electrons. The van der Waals surface area contributed by atoms with E-state index in [-0.39, 0.29) is 5.41 Å². The third-order valence-corrected chi connectivity index (χ3v) is 3.68. The van der Waals surface area contributed by atoms with Gasteiger partial charge in [0.15, 0.2) is 0 Å². The van der Waals surface area contributed by atoms with Gasteiger partial charge in [0.05, 0.1) is 0 Å². The molecular weight excluding hydrogens is 250 g/mol. The van der Waals surface area contributed by atoms with Crippen LogP contribution < -0.4 is 5.32 Å². The van der Waals surface area contributed by atoms with Gasteiger partial charge in [0, 0.05) is 16.4 Å². The van der Waals surface area contributed by atoms with Crippen molar-refractivity contribution in [3.05, 3.63) is 46.5 Å². The molecule has 0 bridgehead atoms. The van der Waals surface area contributed by atoms with Crippen molar-refractivity contribution in [3.8, 4) is 0 Å². The zero-order chi connectivity index (χ0) is 10.7. The summed E-state index contributed by atoms with van der Waals surface area (Å²) in [4.78, 5) is 0. The molecule has 1 aromatic rings. The van der Waals surface area contributed by atoms with Gasteiger partial charge in [-0.05, 0) is 37.6 Å². The first-order valence-electron chi connectivity index (χ1n) is 5.32. The highest BCUT2D eigenvalue weighted by atomic mass is 79.9. The number of hydrogen-bond acceptors (Lipinski definition) is 1. The summed E-state index contributed by atoms with van der Waals surface area (Å²) in [7, 11) is 2.03. The van der Waals surface area contributed by atoms with E-state index in [1.807, 2.05) is 7.05 Å². The van der Waals surface area contributed by atoms with Gasteiger partial charge in [-0.1, -0.05) is 40.2 Å². The molecule has 0 fully saturated rings. The van der Waals surface area contributed by atoms with E-state index in [0.29, 0.717) is 0 Å². The van der Waals surface area contributed by atoms with E-state index in [4.69, 9.17) is 0 Å². The van der Waals surface area contributed by atoms with Crippen LogP contribution in [-0.2, 0) is 5.41 Å². The summed E-state index contributed by atoms with van der Waals surface area (Å²) in [5, 5.41) is 3.31. The molecule has 1 aliphatic rings. The zero-order valence-electron chi connectivity index (χ0n) is 8.96. The molecule has 0 heterocycles. The highest BCUT2D eigenvalue weighted by molar-refractivity contribution is 9.10. The van der Waals surface area contributed by atoms with E-state index in [2.05, 4.69) is 57.7 Å². The molecule has 2 rings (SSSR count). The molecule has 1 aliphatic carbocycles. The third-order valence-electron chi connectivity index (χ3n) is 3.16. The Morgan fingerprint density at radius 3 is 2.33 bits per heavy atom. The molecule has 0 saturated heterocycles. The highest BCUT2D eigenvalue weighted by Crippen LogP contribution is 2.36. The second-order valence-electron chi connectivity index (χ2n) is 4.20. The zero-order valence-corrected chi connectivity index (χ0v) is 10.5. The van der Waals surface area contributed by atoms with Crippen LogP contribution in [0.25, 0.3) is 0 Å². The Labute approximate surface area is 99.7 Å². The lowest BCUT2D eigenvalue weighted by molar-refractivity contribution is 0.436. The van der Waals surface area contributed by atoms with E-state index in [1.165, 1.54) is 5.56 Å². The third kappa shape index (κ3) is 2.16. The maximum atomic E-state index is 3.48. The molecule has 2 heteroatoms. The predicted molar refractivity (Wildman–Crippen MR) is 68.1 cm³/mol. The van der Waals surface area contributed by atoms with E-state index >= 15 is 0 Å². The smallest absolute Gasteiger partial charge is 0.0175 e. The molecule has 0 amide bonds.